The lowest BCUT2D eigenvalue weighted by Gasteiger charge is -2.00. The number of esters is 1. The van der Waals surface area contributed by atoms with E-state index in [4.69, 9.17) is 16.0 Å². The van der Waals surface area contributed by atoms with Crippen LogP contribution in [0.4, 0.5) is 0 Å². The van der Waals surface area contributed by atoms with Crippen LogP contribution in [0, 0.1) is 0 Å². The van der Waals surface area contributed by atoms with Crippen molar-refractivity contribution in [2.24, 2.45) is 0 Å². The molecule has 1 aromatic carbocycles. The molecule has 0 aliphatic heterocycles. The van der Waals surface area contributed by atoms with Gasteiger partial charge in [0.05, 0.1) is 13.4 Å². The highest BCUT2D eigenvalue weighted by Crippen LogP contribution is 2.25. The highest BCUT2D eigenvalue weighted by atomic mass is 35.5. The molecule has 0 atom stereocenters. The summed E-state index contributed by atoms with van der Waals surface area (Å²) in [5.41, 5.74) is 0.848. The molecule has 0 saturated heterocycles. The van der Waals surface area contributed by atoms with Crippen molar-refractivity contribution >= 4 is 28.5 Å². The number of rotatable bonds is 1. The van der Waals surface area contributed by atoms with Crippen LogP contribution < -0.4 is 0 Å². The van der Waals surface area contributed by atoms with Gasteiger partial charge in [-0.3, -0.25) is 0 Å². The summed E-state index contributed by atoms with van der Waals surface area (Å²) in [7, 11) is 1.32. The fraction of sp³-hybridized carbons (Fsp3) is 0.100. The second-order valence-electron chi connectivity index (χ2n) is 2.78. The number of carbonyl (C=O) groups excluding carboxylic acids is 1. The highest BCUT2D eigenvalue weighted by Gasteiger charge is 2.13. The summed E-state index contributed by atoms with van der Waals surface area (Å²) in [4.78, 5) is 11.3. The van der Waals surface area contributed by atoms with Crippen molar-refractivity contribution in [2.45, 2.75) is 0 Å². The summed E-state index contributed by atoms with van der Waals surface area (Å²) in [6, 6.07) is 5.00. The molecule has 3 nitrogen and oxygen atoms in total. The molecule has 0 amide bonds. The minimum atomic E-state index is -0.451. The largest absolute Gasteiger partial charge is 0.465 e. The van der Waals surface area contributed by atoms with Crippen molar-refractivity contribution in [2.75, 3.05) is 7.11 Å². The van der Waals surface area contributed by atoms with Gasteiger partial charge in [0.25, 0.3) is 0 Å². The van der Waals surface area contributed by atoms with Gasteiger partial charge in [-0.15, -0.1) is 0 Å². The van der Waals surface area contributed by atoms with Gasteiger partial charge in [0.1, 0.15) is 11.1 Å². The van der Waals surface area contributed by atoms with E-state index in [9.17, 15) is 4.79 Å². The Hall–Kier alpha value is -1.48. The Balaban J connectivity index is 2.72. The lowest BCUT2D eigenvalue weighted by molar-refractivity contribution is 0.0602. The van der Waals surface area contributed by atoms with Crippen LogP contribution >= 0.6 is 11.6 Å². The van der Waals surface area contributed by atoms with Gasteiger partial charge in [0, 0.05) is 10.4 Å². The molecule has 0 N–H and O–H groups in total. The summed E-state index contributed by atoms with van der Waals surface area (Å²) in [6.45, 7) is 0. The normalized spacial score (nSPS) is 10.4. The molecule has 0 bridgehead atoms. The minimum absolute atomic E-state index is 0.347. The summed E-state index contributed by atoms with van der Waals surface area (Å²) in [5, 5.41) is 1.28. The molecule has 72 valence electrons. The smallest absolute Gasteiger partial charge is 0.341 e. The average molecular weight is 211 g/mol. The molecular weight excluding hydrogens is 204 g/mol. The molecule has 0 spiro atoms. The van der Waals surface area contributed by atoms with Crippen LogP contribution in [0.15, 0.2) is 28.9 Å². The number of benzene rings is 1. The Labute approximate surface area is 85.2 Å². The summed E-state index contributed by atoms with van der Waals surface area (Å²) < 4.78 is 9.78. The van der Waals surface area contributed by atoms with Gasteiger partial charge < -0.3 is 9.15 Å². The number of fused-ring (bicyclic) bond motifs is 1. The van der Waals surface area contributed by atoms with E-state index in [0.29, 0.717) is 16.2 Å². The Morgan fingerprint density at radius 2 is 2.29 bits per heavy atom. The van der Waals surface area contributed by atoms with Crippen LogP contribution in [0.2, 0.25) is 5.02 Å². The molecule has 0 radical (unpaired) electrons. The Bertz CT molecular complexity index is 487. The second kappa shape index (κ2) is 3.35. The maximum Gasteiger partial charge on any atom is 0.341 e. The number of methoxy groups -OCH3 is 1. The number of hydrogen-bond acceptors (Lipinski definition) is 3. The van der Waals surface area contributed by atoms with Crippen molar-refractivity contribution in [3.05, 3.63) is 35.0 Å². The van der Waals surface area contributed by atoms with Gasteiger partial charge in [-0.1, -0.05) is 11.6 Å². The zero-order valence-electron chi connectivity index (χ0n) is 7.41. The Morgan fingerprint density at radius 1 is 1.50 bits per heavy atom. The first kappa shape index (κ1) is 9.09. The van der Waals surface area contributed by atoms with E-state index in [0.717, 1.165) is 5.39 Å². The Kier molecular flexibility index (Phi) is 2.17. The number of ether oxygens (including phenoxy) is 1. The average Bonchev–Trinajstić information content (AvgIpc) is 2.62. The molecule has 0 fully saturated rings. The van der Waals surface area contributed by atoms with Gasteiger partial charge in [-0.25, -0.2) is 4.79 Å². The van der Waals surface area contributed by atoms with E-state index in [-0.39, 0.29) is 0 Å². The van der Waals surface area contributed by atoms with Crippen LogP contribution in [0.1, 0.15) is 10.4 Å². The van der Waals surface area contributed by atoms with Crippen molar-refractivity contribution in [3.8, 4) is 0 Å². The molecular formula is C10H7ClO3. The molecule has 0 saturated carbocycles. The predicted octanol–water partition coefficient (Wildman–Crippen LogP) is 2.87. The maximum absolute atomic E-state index is 11.3. The van der Waals surface area contributed by atoms with Crippen LogP contribution in [0.25, 0.3) is 11.0 Å². The van der Waals surface area contributed by atoms with Crippen LogP contribution in [-0.4, -0.2) is 13.1 Å². The lowest BCUT2D eigenvalue weighted by Crippen LogP contribution is -2.01. The Morgan fingerprint density at radius 3 is 3.00 bits per heavy atom. The molecule has 0 aliphatic carbocycles. The fourth-order valence-corrected chi connectivity index (χ4v) is 1.53. The van der Waals surface area contributed by atoms with Gasteiger partial charge in [-0.05, 0) is 18.2 Å². The molecule has 1 aromatic heterocycles. The summed E-state index contributed by atoms with van der Waals surface area (Å²) in [6.07, 6.45) is 1.51. The SMILES string of the molecule is COC(=O)c1cc(Cl)cc2ccoc12. The minimum Gasteiger partial charge on any atom is -0.465 e. The van der Waals surface area contributed by atoms with E-state index in [1.54, 1.807) is 12.1 Å². The molecule has 4 heteroatoms. The third-order valence-corrected chi connectivity index (χ3v) is 2.14. The molecule has 0 aliphatic rings. The lowest BCUT2D eigenvalue weighted by atomic mass is 10.1. The first-order valence-electron chi connectivity index (χ1n) is 3.97. The number of furan rings is 1. The van der Waals surface area contributed by atoms with Gasteiger partial charge in [0.2, 0.25) is 0 Å². The zero-order valence-corrected chi connectivity index (χ0v) is 8.17. The first-order valence-corrected chi connectivity index (χ1v) is 4.35. The summed E-state index contributed by atoms with van der Waals surface area (Å²) in [5.74, 6) is -0.451. The predicted molar refractivity (Wildman–Crippen MR) is 52.6 cm³/mol. The van der Waals surface area contributed by atoms with Crippen LogP contribution in [0.3, 0.4) is 0 Å². The van der Waals surface area contributed by atoms with Crippen molar-refractivity contribution < 1.29 is 13.9 Å². The van der Waals surface area contributed by atoms with Gasteiger partial charge in [0.15, 0.2) is 0 Å². The zero-order chi connectivity index (χ0) is 10.1. The van der Waals surface area contributed by atoms with Crippen LogP contribution in [0.5, 0.6) is 0 Å². The maximum atomic E-state index is 11.3. The van der Waals surface area contributed by atoms with Crippen molar-refractivity contribution in [3.63, 3.8) is 0 Å². The van der Waals surface area contributed by atoms with Gasteiger partial charge in [-0.2, -0.15) is 0 Å². The number of halogens is 1. The van der Waals surface area contributed by atoms with Crippen molar-refractivity contribution in [1.29, 1.82) is 0 Å². The van der Waals surface area contributed by atoms with E-state index < -0.39 is 5.97 Å². The standard InChI is InChI=1S/C10H7ClO3/c1-13-10(12)8-5-7(11)4-6-2-3-14-9(6)8/h2-5H,1H3. The third kappa shape index (κ3) is 1.36. The first-order chi connectivity index (χ1) is 6.72. The van der Waals surface area contributed by atoms with E-state index in [1.165, 1.54) is 19.4 Å². The van der Waals surface area contributed by atoms with E-state index in [1.807, 2.05) is 0 Å². The summed E-state index contributed by atoms with van der Waals surface area (Å²) >= 11 is 5.83. The number of carbonyl (C=O) groups is 1. The van der Waals surface area contributed by atoms with Crippen molar-refractivity contribution in [1.82, 2.24) is 0 Å². The topological polar surface area (TPSA) is 39.4 Å². The third-order valence-electron chi connectivity index (χ3n) is 1.92. The van der Waals surface area contributed by atoms with Gasteiger partial charge >= 0.3 is 5.97 Å². The van der Waals surface area contributed by atoms with Crippen LogP contribution in [-0.2, 0) is 4.74 Å². The molecule has 1 heterocycles. The second-order valence-corrected chi connectivity index (χ2v) is 3.22. The van der Waals surface area contributed by atoms with E-state index in [2.05, 4.69) is 4.74 Å². The molecule has 2 aromatic rings. The quantitative estimate of drug-likeness (QED) is 0.680. The fourth-order valence-electron chi connectivity index (χ4n) is 1.31. The molecule has 2 rings (SSSR count). The molecule has 0 unspecified atom stereocenters. The monoisotopic (exact) mass is 210 g/mol. The number of hydrogen-bond donors (Lipinski definition) is 0. The highest BCUT2D eigenvalue weighted by molar-refractivity contribution is 6.32. The molecule has 14 heavy (non-hydrogen) atoms. The van der Waals surface area contributed by atoms with E-state index >= 15 is 0 Å².